The van der Waals surface area contributed by atoms with Crippen molar-refractivity contribution in [1.29, 1.82) is 0 Å². The Bertz CT molecular complexity index is 179. The fourth-order valence-electron chi connectivity index (χ4n) is 0.972. The van der Waals surface area contributed by atoms with Gasteiger partial charge >= 0.3 is 101 Å². The van der Waals surface area contributed by atoms with E-state index in [1.54, 1.807) is 13.8 Å². The maximum absolute atomic E-state index is 11.0. The molecule has 0 amide bonds. The van der Waals surface area contributed by atoms with Crippen molar-refractivity contribution < 1.29 is 19.1 Å². The van der Waals surface area contributed by atoms with Crippen LogP contribution in [-0.4, -0.2) is 46.3 Å². The van der Waals surface area contributed by atoms with Crippen LogP contribution in [0.5, 0.6) is 0 Å². The Morgan fingerprint density at radius 1 is 0.938 bits per heavy atom. The molecule has 16 heavy (non-hydrogen) atoms. The Morgan fingerprint density at radius 2 is 1.31 bits per heavy atom. The summed E-state index contributed by atoms with van der Waals surface area (Å²) in [4.78, 5) is 21.9. The molecular formula is C10H18O4SSn. The summed E-state index contributed by atoms with van der Waals surface area (Å²) in [6.07, 6.45) is 1.03. The van der Waals surface area contributed by atoms with Gasteiger partial charge in [0.15, 0.2) is 0 Å². The van der Waals surface area contributed by atoms with Gasteiger partial charge in [-0.05, 0) is 0 Å². The van der Waals surface area contributed by atoms with E-state index >= 15 is 0 Å². The number of rotatable bonds is 8. The third kappa shape index (κ3) is 12.2. The van der Waals surface area contributed by atoms with Gasteiger partial charge in [-0.25, -0.2) is 0 Å². The summed E-state index contributed by atoms with van der Waals surface area (Å²) in [5.74, 6) is -0.232. The first-order chi connectivity index (χ1) is 7.20. The monoisotopic (exact) mass is 354 g/mol. The summed E-state index contributed by atoms with van der Waals surface area (Å²) in [7, 11) is 0. The van der Waals surface area contributed by atoms with Crippen molar-refractivity contribution in [1.82, 2.24) is 0 Å². The molecule has 0 aliphatic carbocycles. The number of ether oxygens (including phenoxy) is 2. The largest absolute Gasteiger partial charge is 2.00 e. The van der Waals surface area contributed by atoms with Gasteiger partial charge in [-0.1, -0.05) is 0 Å². The van der Waals surface area contributed by atoms with Gasteiger partial charge in [0.05, 0.1) is 0 Å². The summed E-state index contributed by atoms with van der Waals surface area (Å²) in [5, 5.41) is 0. The molecular weight excluding hydrogens is 335 g/mol. The average Bonchev–Trinajstić information content (AvgIpc) is 2.18. The second-order valence-corrected chi connectivity index (χ2v) is 7.14. The van der Waals surface area contributed by atoms with Crippen molar-refractivity contribution in [3.63, 3.8) is 0 Å². The molecule has 0 fully saturated rings. The molecule has 0 aromatic carbocycles. The normalized spacial score (nSPS) is 8.62. The molecule has 0 heterocycles. The zero-order valence-electron chi connectivity index (χ0n) is 9.78. The number of esters is 2. The van der Waals surface area contributed by atoms with E-state index in [1.807, 2.05) is 0 Å². The average molecular weight is 353 g/mol. The van der Waals surface area contributed by atoms with Gasteiger partial charge < -0.3 is 13.5 Å². The molecule has 0 aliphatic rings. The van der Waals surface area contributed by atoms with Gasteiger partial charge in [0.2, 0.25) is 0 Å². The number of hydrogen-bond acceptors (Lipinski definition) is 4. The minimum atomic E-state index is -0.572. The van der Waals surface area contributed by atoms with E-state index in [0.29, 0.717) is 26.1 Å². The van der Waals surface area contributed by atoms with Crippen LogP contribution in [0, 0.1) is 0 Å². The second kappa shape index (κ2) is 13.2. The fraction of sp³-hybridized carbons (Fsp3) is 0.800. The molecule has 0 saturated carbocycles. The Labute approximate surface area is 114 Å². The van der Waals surface area contributed by atoms with Crippen LogP contribution in [0.25, 0.3) is 0 Å². The van der Waals surface area contributed by atoms with E-state index in [4.69, 9.17) is 9.47 Å². The molecule has 4 nitrogen and oxygen atoms in total. The molecule has 0 radical (unpaired) electrons. The van der Waals surface area contributed by atoms with E-state index in [0.717, 1.165) is 8.87 Å². The number of hydrogen-bond donors (Lipinski definition) is 0. The fourth-order valence-corrected chi connectivity index (χ4v) is 3.86. The van der Waals surface area contributed by atoms with E-state index in [2.05, 4.69) is 0 Å². The van der Waals surface area contributed by atoms with E-state index in [-0.39, 0.29) is 25.4 Å². The maximum atomic E-state index is 11.0. The quantitative estimate of drug-likeness (QED) is 0.377. The molecule has 0 spiro atoms. The standard InChI is InChI=1S/2C5H9O2.S.Sn/c2*1-3-5(6)7-4-2;;/h2*1,3-4H2,2H3;;/q;;-2;+2. The Kier molecular flexibility index (Phi) is 15.2. The van der Waals surface area contributed by atoms with Gasteiger partial charge in [-0.2, -0.15) is 0 Å². The molecule has 0 bridgehead atoms. The minimum absolute atomic E-state index is 0. The Morgan fingerprint density at radius 3 is 1.62 bits per heavy atom. The van der Waals surface area contributed by atoms with Crippen molar-refractivity contribution in [2.75, 3.05) is 13.2 Å². The molecule has 0 N–H and O–H groups in total. The SMILES string of the molecule is CCOC(=O)C[CH2][Sn+2][CH2]CC(=O)OCC.[S-2]. The molecule has 0 aromatic heterocycles. The maximum Gasteiger partial charge on any atom is -2.00 e. The number of carbonyl (C=O) groups excluding carboxylic acids is 2. The van der Waals surface area contributed by atoms with Crippen molar-refractivity contribution >= 4 is 46.6 Å². The van der Waals surface area contributed by atoms with Crippen molar-refractivity contribution in [2.45, 2.75) is 35.6 Å². The first-order valence-corrected chi connectivity index (χ1v) is 9.26. The molecule has 0 aromatic rings. The Hall–Kier alpha value is 0.0887. The van der Waals surface area contributed by atoms with Crippen molar-refractivity contribution in [3.8, 4) is 0 Å². The summed E-state index contributed by atoms with van der Waals surface area (Å²) in [6.45, 7) is 4.51. The molecule has 0 saturated heterocycles. The molecule has 0 atom stereocenters. The summed E-state index contributed by atoms with van der Waals surface area (Å²) in [5.41, 5.74) is 0. The van der Waals surface area contributed by atoms with Crippen LogP contribution < -0.4 is 0 Å². The van der Waals surface area contributed by atoms with Crippen LogP contribution in [0.4, 0.5) is 0 Å². The van der Waals surface area contributed by atoms with Gasteiger partial charge in [-0.3, -0.25) is 0 Å². The zero-order chi connectivity index (χ0) is 11.5. The third-order valence-electron chi connectivity index (χ3n) is 1.62. The van der Waals surface area contributed by atoms with E-state index < -0.39 is 21.1 Å². The molecule has 0 unspecified atom stereocenters. The van der Waals surface area contributed by atoms with Crippen molar-refractivity contribution in [3.05, 3.63) is 0 Å². The predicted molar refractivity (Wildman–Crippen MR) is 65.2 cm³/mol. The van der Waals surface area contributed by atoms with Gasteiger partial charge in [0.25, 0.3) is 0 Å². The molecule has 0 rings (SSSR count). The predicted octanol–water partition coefficient (Wildman–Crippen LogP) is 1.43. The smallest absolute Gasteiger partial charge is 2.00 e. The molecule has 6 heteroatoms. The van der Waals surface area contributed by atoms with E-state index in [1.165, 1.54) is 0 Å². The van der Waals surface area contributed by atoms with Crippen LogP contribution in [0.2, 0.25) is 8.87 Å². The van der Waals surface area contributed by atoms with Gasteiger partial charge in [0.1, 0.15) is 0 Å². The first kappa shape index (κ1) is 18.5. The summed E-state index contributed by atoms with van der Waals surface area (Å²) >= 11 is -0.572. The van der Waals surface area contributed by atoms with Crippen LogP contribution in [0.1, 0.15) is 26.7 Å². The summed E-state index contributed by atoms with van der Waals surface area (Å²) in [6, 6.07) is 0. The van der Waals surface area contributed by atoms with Gasteiger partial charge in [-0.15, -0.1) is 0 Å². The topological polar surface area (TPSA) is 52.6 Å². The first-order valence-electron chi connectivity index (χ1n) is 5.22. The number of carbonyl (C=O) groups is 2. The van der Waals surface area contributed by atoms with Crippen LogP contribution >= 0.6 is 0 Å². The minimum Gasteiger partial charge on any atom is -2.00 e. The Balaban J connectivity index is 0. The molecule has 92 valence electrons. The van der Waals surface area contributed by atoms with Crippen molar-refractivity contribution in [2.24, 2.45) is 0 Å². The molecule has 0 aliphatic heterocycles. The van der Waals surface area contributed by atoms with Crippen LogP contribution in [-0.2, 0) is 32.6 Å². The van der Waals surface area contributed by atoms with Crippen LogP contribution in [0.15, 0.2) is 0 Å². The van der Waals surface area contributed by atoms with Crippen LogP contribution in [0.3, 0.4) is 0 Å². The van der Waals surface area contributed by atoms with Gasteiger partial charge in [0, 0.05) is 0 Å². The van der Waals surface area contributed by atoms with E-state index in [9.17, 15) is 9.59 Å². The zero-order valence-corrected chi connectivity index (χ0v) is 13.5. The third-order valence-corrected chi connectivity index (χ3v) is 5.07. The summed E-state index contributed by atoms with van der Waals surface area (Å²) < 4.78 is 11.5. The second-order valence-electron chi connectivity index (χ2n) is 2.86.